The third-order valence-corrected chi connectivity index (χ3v) is 3.52. The van der Waals surface area contributed by atoms with Gasteiger partial charge < -0.3 is 9.88 Å². The molecule has 0 bridgehead atoms. The third-order valence-electron chi connectivity index (χ3n) is 3.52. The minimum absolute atomic E-state index is 0.0496. The molecule has 1 aromatic heterocycles. The maximum absolute atomic E-state index is 12.2. The van der Waals surface area contributed by atoms with E-state index in [0.717, 1.165) is 22.6 Å². The van der Waals surface area contributed by atoms with Crippen LogP contribution in [0, 0.1) is 25.2 Å². The zero-order chi connectivity index (χ0) is 14.7. The van der Waals surface area contributed by atoms with Gasteiger partial charge in [0.1, 0.15) is 0 Å². The molecule has 0 fully saturated rings. The van der Waals surface area contributed by atoms with Gasteiger partial charge in [0.05, 0.1) is 18.2 Å². The number of aryl methyl sites for hydroxylation is 1. The quantitative estimate of drug-likeness (QED) is 0.867. The van der Waals surface area contributed by atoms with Gasteiger partial charge in [-0.1, -0.05) is 6.07 Å². The molecular weight excluding hydrogens is 250 g/mol. The molecule has 20 heavy (non-hydrogen) atoms. The van der Waals surface area contributed by atoms with Gasteiger partial charge in [-0.05, 0) is 38.1 Å². The Kier molecular flexibility index (Phi) is 3.90. The maximum Gasteiger partial charge on any atom is 0.183 e. The van der Waals surface area contributed by atoms with Crippen LogP contribution >= 0.6 is 0 Å². The largest absolute Gasteiger partial charge is 0.378 e. The molecule has 0 saturated heterocycles. The lowest BCUT2D eigenvalue weighted by Crippen LogP contribution is -2.14. The van der Waals surface area contributed by atoms with Crippen molar-refractivity contribution in [3.63, 3.8) is 0 Å². The van der Waals surface area contributed by atoms with Gasteiger partial charge in [0.2, 0.25) is 0 Å². The summed E-state index contributed by atoms with van der Waals surface area (Å²) in [5.74, 6) is 0.0496. The van der Waals surface area contributed by atoms with E-state index >= 15 is 0 Å². The Balaban J connectivity index is 2.09. The average molecular weight is 267 g/mol. The molecule has 1 N–H and O–H groups in total. The zero-order valence-corrected chi connectivity index (χ0v) is 11.9. The smallest absolute Gasteiger partial charge is 0.183 e. The van der Waals surface area contributed by atoms with Gasteiger partial charge in [0.15, 0.2) is 5.78 Å². The SMILES string of the molecule is Cc1cc(C(=O)CNc2cccc(C#N)c2)c(C)n1C. The van der Waals surface area contributed by atoms with Crippen LogP contribution < -0.4 is 5.32 Å². The summed E-state index contributed by atoms with van der Waals surface area (Å²) in [6.07, 6.45) is 0. The monoisotopic (exact) mass is 267 g/mol. The minimum Gasteiger partial charge on any atom is -0.378 e. The van der Waals surface area contributed by atoms with Crippen molar-refractivity contribution in [3.05, 3.63) is 52.8 Å². The van der Waals surface area contributed by atoms with Gasteiger partial charge in [-0.15, -0.1) is 0 Å². The number of Topliss-reactive ketones (excluding diaryl/α,β-unsaturated/α-hetero) is 1. The van der Waals surface area contributed by atoms with Crippen molar-refractivity contribution in [2.75, 3.05) is 11.9 Å². The van der Waals surface area contributed by atoms with Crippen LogP contribution in [0.15, 0.2) is 30.3 Å². The number of carbonyl (C=O) groups is 1. The van der Waals surface area contributed by atoms with Gasteiger partial charge in [-0.3, -0.25) is 4.79 Å². The van der Waals surface area contributed by atoms with Crippen LogP contribution in [-0.4, -0.2) is 16.9 Å². The van der Waals surface area contributed by atoms with Crippen LogP contribution in [0.3, 0.4) is 0 Å². The van der Waals surface area contributed by atoms with Gasteiger partial charge in [-0.25, -0.2) is 0 Å². The molecule has 0 spiro atoms. The molecule has 2 aromatic rings. The molecule has 0 atom stereocenters. The van der Waals surface area contributed by atoms with Crippen molar-refractivity contribution in [3.8, 4) is 6.07 Å². The number of anilines is 1. The van der Waals surface area contributed by atoms with Gasteiger partial charge in [-0.2, -0.15) is 5.26 Å². The van der Waals surface area contributed by atoms with Crippen molar-refractivity contribution in [1.29, 1.82) is 5.26 Å². The third kappa shape index (κ3) is 2.72. The Morgan fingerprint density at radius 3 is 2.70 bits per heavy atom. The van der Waals surface area contributed by atoms with Crippen LogP contribution in [0.2, 0.25) is 0 Å². The van der Waals surface area contributed by atoms with E-state index in [2.05, 4.69) is 11.4 Å². The van der Waals surface area contributed by atoms with E-state index in [0.29, 0.717) is 5.56 Å². The summed E-state index contributed by atoms with van der Waals surface area (Å²) in [5.41, 5.74) is 4.14. The summed E-state index contributed by atoms with van der Waals surface area (Å²) in [4.78, 5) is 12.2. The molecule has 0 amide bonds. The van der Waals surface area contributed by atoms with E-state index in [4.69, 9.17) is 5.26 Å². The Morgan fingerprint density at radius 1 is 1.35 bits per heavy atom. The fourth-order valence-electron chi connectivity index (χ4n) is 2.11. The van der Waals surface area contributed by atoms with E-state index in [9.17, 15) is 4.79 Å². The summed E-state index contributed by atoms with van der Waals surface area (Å²) < 4.78 is 2.00. The number of nitrogens with zero attached hydrogens (tertiary/aromatic N) is 2. The zero-order valence-electron chi connectivity index (χ0n) is 11.9. The molecule has 1 heterocycles. The second-order valence-corrected chi connectivity index (χ2v) is 4.81. The molecule has 0 aliphatic heterocycles. The lowest BCUT2D eigenvalue weighted by atomic mass is 10.1. The first-order valence-corrected chi connectivity index (χ1v) is 6.43. The summed E-state index contributed by atoms with van der Waals surface area (Å²) in [5, 5.41) is 11.9. The topological polar surface area (TPSA) is 57.8 Å². The van der Waals surface area contributed by atoms with Gasteiger partial charge in [0, 0.05) is 29.7 Å². The molecule has 4 heteroatoms. The fraction of sp³-hybridized carbons (Fsp3) is 0.250. The number of carbonyl (C=O) groups excluding carboxylic acids is 1. The molecule has 0 radical (unpaired) electrons. The number of hydrogen-bond donors (Lipinski definition) is 1. The Bertz CT molecular complexity index is 692. The first-order chi connectivity index (χ1) is 9.52. The predicted octanol–water partition coefficient (Wildman–Crippen LogP) is 2.81. The van der Waals surface area contributed by atoms with E-state index in [1.165, 1.54) is 0 Å². The number of nitrogens with one attached hydrogen (secondary N) is 1. The van der Waals surface area contributed by atoms with Crippen LogP contribution in [0.4, 0.5) is 5.69 Å². The molecule has 4 nitrogen and oxygen atoms in total. The van der Waals surface area contributed by atoms with Gasteiger partial charge >= 0.3 is 0 Å². The molecule has 0 unspecified atom stereocenters. The van der Waals surface area contributed by atoms with Crippen LogP contribution in [-0.2, 0) is 7.05 Å². The second-order valence-electron chi connectivity index (χ2n) is 4.81. The Morgan fingerprint density at radius 2 is 2.10 bits per heavy atom. The average Bonchev–Trinajstić information content (AvgIpc) is 2.72. The standard InChI is InChI=1S/C16H17N3O/c1-11-7-15(12(2)19(11)3)16(20)10-18-14-6-4-5-13(8-14)9-17/h4-8,18H,10H2,1-3H3. The van der Waals surface area contributed by atoms with E-state index in [1.807, 2.05) is 37.6 Å². The van der Waals surface area contributed by atoms with Crippen LogP contribution in [0.5, 0.6) is 0 Å². The number of benzene rings is 1. The number of hydrogen-bond acceptors (Lipinski definition) is 3. The van der Waals surface area contributed by atoms with E-state index in [1.54, 1.807) is 18.2 Å². The van der Waals surface area contributed by atoms with Crippen molar-refractivity contribution >= 4 is 11.5 Å². The molecule has 102 valence electrons. The highest BCUT2D eigenvalue weighted by Gasteiger charge is 2.13. The summed E-state index contributed by atoms with van der Waals surface area (Å²) in [7, 11) is 1.95. The fourth-order valence-corrected chi connectivity index (χ4v) is 2.11. The van der Waals surface area contributed by atoms with Crippen molar-refractivity contribution in [1.82, 2.24) is 4.57 Å². The normalized spacial score (nSPS) is 10.1. The summed E-state index contributed by atoms with van der Waals surface area (Å²) >= 11 is 0. The Hall–Kier alpha value is -2.54. The van der Waals surface area contributed by atoms with Crippen molar-refractivity contribution in [2.45, 2.75) is 13.8 Å². The number of ketones is 1. The predicted molar refractivity (Wildman–Crippen MR) is 78.9 cm³/mol. The highest BCUT2D eigenvalue weighted by molar-refractivity contribution is 6.00. The highest BCUT2D eigenvalue weighted by Crippen LogP contribution is 2.15. The molecule has 1 aromatic carbocycles. The number of aromatic nitrogens is 1. The van der Waals surface area contributed by atoms with Crippen molar-refractivity contribution in [2.24, 2.45) is 7.05 Å². The number of nitriles is 1. The molecular formula is C16H17N3O. The summed E-state index contributed by atoms with van der Waals surface area (Å²) in [6, 6.07) is 11.1. The first-order valence-electron chi connectivity index (χ1n) is 6.43. The van der Waals surface area contributed by atoms with E-state index in [-0.39, 0.29) is 12.3 Å². The minimum atomic E-state index is 0.0496. The van der Waals surface area contributed by atoms with Crippen molar-refractivity contribution < 1.29 is 4.79 Å². The number of rotatable bonds is 4. The summed E-state index contributed by atoms with van der Waals surface area (Å²) in [6.45, 7) is 4.14. The van der Waals surface area contributed by atoms with Crippen LogP contribution in [0.1, 0.15) is 27.3 Å². The Labute approximate surface area is 118 Å². The van der Waals surface area contributed by atoms with Crippen LogP contribution in [0.25, 0.3) is 0 Å². The molecule has 0 saturated carbocycles. The molecule has 0 aliphatic rings. The van der Waals surface area contributed by atoms with Gasteiger partial charge in [0.25, 0.3) is 0 Å². The lowest BCUT2D eigenvalue weighted by molar-refractivity contribution is 0.101. The molecule has 2 rings (SSSR count). The first kappa shape index (κ1) is 13.9. The lowest BCUT2D eigenvalue weighted by Gasteiger charge is -2.06. The molecule has 0 aliphatic carbocycles. The van der Waals surface area contributed by atoms with E-state index < -0.39 is 0 Å². The highest BCUT2D eigenvalue weighted by atomic mass is 16.1. The maximum atomic E-state index is 12.2. The second kappa shape index (κ2) is 5.62.